The highest BCUT2D eigenvalue weighted by Gasteiger charge is 2.15. The molecule has 1 aromatic heterocycles. The average molecular weight is 276 g/mol. The van der Waals surface area contributed by atoms with Crippen molar-refractivity contribution < 1.29 is 4.74 Å². The quantitative estimate of drug-likeness (QED) is 0.876. The van der Waals surface area contributed by atoms with Crippen molar-refractivity contribution in [3.8, 4) is 5.75 Å². The fourth-order valence-corrected chi connectivity index (χ4v) is 2.67. The van der Waals surface area contributed by atoms with E-state index in [1.54, 1.807) is 11.3 Å². The lowest BCUT2D eigenvalue weighted by Crippen LogP contribution is -2.22. The third-order valence-corrected chi connectivity index (χ3v) is 3.66. The van der Waals surface area contributed by atoms with E-state index in [-0.39, 0.29) is 6.04 Å². The van der Waals surface area contributed by atoms with Crippen molar-refractivity contribution in [3.05, 3.63) is 45.9 Å². The highest BCUT2D eigenvalue weighted by molar-refractivity contribution is 7.09. The van der Waals surface area contributed by atoms with E-state index in [2.05, 4.69) is 34.7 Å². The van der Waals surface area contributed by atoms with Gasteiger partial charge in [-0.2, -0.15) is 0 Å². The summed E-state index contributed by atoms with van der Waals surface area (Å²) < 4.78 is 5.48. The van der Waals surface area contributed by atoms with Crippen LogP contribution in [0.4, 0.5) is 0 Å². The van der Waals surface area contributed by atoms with Gasteiger partial charge in [0.1, 0.15) is 5.75 Å². The first-order valence-corrected chi connectivity index (χ1v) is 7.50. The van der Waals surface area contributed by atoms with Gasteiger partial charge in [0.25, 0.3) is 0 Å². The number of nitrogens with zero attached hydrogens (tertiary/aromatic N) is 1. The Hall–Kier alpha value is -1.39. The topological polar surface area (TPSA) is 34.1 Å². The van der Waals surface area contributed by atoms with Gasteiger partial charge in [0.05, 0.1) is 23.4 Å². The molecule has 1 N–H and O–H groups in total. The zero-order valence-electron chi connectivity index (χ0n) is 11.6. The standard InChI is InChI=1S/C15H20N2OS/c1-4-16-15(14-10-19-11(3)17-14)12-6-8-13(9-7-12)18-5-2/h6-10,15-16H,4-5H2,1-3H3. The monoisotopic (exact) mass is 276 g/mol. The highest BCUT2D eigenvalue weighted by atomic mass is 32.1. The summed E-state index contributed by atoms with van der Waals surface area (Å²) in [4.78, 5) is 4.59. The first-order valence-electron chi connectivity index (χ1n) is 6.62. The van der Waals surface area contributed by atoms with Crippen molar-refractivity contribution in [3.63, 3.8) is 0 Å². The van der Waals surface area contributed by atoms with Gasteiger partial charge in [0, 0.05) is 5.38 Å². The van der Waals surface area contributed by atoms with Crippen LogP contribution in [0.3, 0.4) is 0 Å². The molecule has 19 heavy (non-hydrogen) atoms. The van der Waals surface area contributed by atoms with E-state index in [0.717, 1.165) is 23.0 Å². The molecule has 0 aliphatic carbocycles. The SMILES string of the molecule is CCNC(c1ccc(OCC)cc1)c1csc(C)n1. The third kappa shape index (κ3) is 3.55. The van der Waals surface area contributed by atoms with Gasteiger partial charge < -0.3 is 10.1 Å². The van der Waals surface area contributed by atoms with E-state index in [1.165, 1.54) is 5.56 Å². The van der Waals surface area contributed by atoms with Gasteiger partial charge >= 0.3 is 0 Å². The Morgan fingerprint density at radius 3 is 2.53 bits per heavy atom. The molecule has 0 aliphatic heterocycles. The minimum atomic E-state index is 0.158. The molecule has 1 atom stereocenters. The first kappa shape index (κ1) is 14.0. The maximum atomic E-state index is 5.48. The molecular weight excluding hydrogens is 256 g/mol. The lowest BCUT2D eigenvalue weighted by molar-refractivity contribution is 0.340. The third-order valence-electron chi connectivity index (χ3n) is 2.87. The summed E-state index contributed by atoms with van der Waals surface area (Å²) in [5.74, 6) is 0.913. The lowest BCUT2D eigenvalue weighted by Gasteiger charge is -2.16. The van der Waals surface area contributed by atoms with E-state index >= 15 is 0 Å². The summed E-state index contributed by atoms with van der Waals surface area (Å²) in [6, 6.07) is 8.40. The van der Waals surface area contributed by atoms with Gasteiger partial charge in [-0.15, -0.1) is 11.3 Å². The van der Waals surface area contributed by atoms with E-state index in [9.17, 15) is 0 Å². The maximum absolute atomic E-state index is 5.48. The van der Waals surface area contributed by atoms with Crippen LogP contribution in [0.15, 0.2) is 29.6 Å². The van der Waals surface area contributed by atoms with Crippen LogP contribution < -0.4 is 10.1 Å². The van der Waals surface area contributed by atoms with Crippen LogP contribution in [0.5, 0.6) is 5.75 Å². The molecular formula is C15H20N2OS. The smallest absolute Gasteiger partial charge is 0.119 e. The molecule has 4 heteroatoms. The molecule has 2 rings (SSSR count). The summed E-state index contributed by atoms with van der Waals surface area (Å²) in [6.45, 7) is 7.75. The Morgan fingerprint density at radius 1 is 1.26 bits per heavy atom. The minimum absolute atomic E-state index is 0.158. The number of hydrogen-bond acceptors (Lipinski definition) is 4. The van der Waals surface area contributed by atoms with E-state index in [0.29, 0.717) is 6.61 Å². The molecule has 1 aromatic carbocycles. The molecule has 1 unspecified atom stereocenters. The number of aromatic nitrogens is 1. The predicted molar refractivity (Wildman–Crippen MR) is 80.0 cm³/mol. The molecule has 0 radical (unpaired) electrons. The molecule has 2 aromatic rings. The second-order valence-electron chi connectivity index (χ2n) is 4.28. The highest BCUT2D eigenvalue weighted by Crippen LogP contribution is 2.25. The Labute approximate surface area is 118 Å². The summed E-state index contributed by atoms with van der Waals surface area (Å²) >= 11 is 1.69. The van der Waals surface area contributed by atoms with Crippen LogP contribution in [0, 0.1) is 6.92 Å². The molecule has 0 saturated heterocycles. The zero-order valence-corrected chi connectivity index (χ0v) is 12.5. The van der Waals surface area contributed by atoms with Crippen molar-refractivity contribution >= 4 is 11.3 Å². The number of benzene rings is 1. The van der Waals surface area contributed by atoms with Crippen LogP contribution in [0.1, 0.15) is 36.2 Å². The van der Waals surface area contributed by atoms with Crippen LogP contribution in [-0.2, 0) is 0 Å². The van der Waals surface area contributed by atoms with Gasteiger partial charge in [-0.05, 0) is 38.1 Å². The molecule has 0 spiro atoms. The summed E-state index contributed by atoms with van der Waals surface area (Å²) in [5.41, 5.74) is 2.31. The Bertz CT molecular complexity index is 507. The van der Waals surface area contributed by atoms with Crippen molar-refractivity contribution in [1.82, 2.24) is 10.3 Å². The molecule has 3 nitrogen and oxygen atoms in total. The first-order chi connectivity index (χ1) is 9.24. The zero-order chi connectivity index (χ0) is 13.7. The second kappa shape index (κ2) is 6.68. The van der Waals surface area contributed by atoms with Gasteiger partial charge in [-0.25, -0.2) is 4.98 Å². The Kier molecular flexibility index (Phi) is 4.93. The Morgan fingerprint density at radius 2 is 2.00 bits per heavy atom. The maximum Gasteiger partial charge on any atom is 0.119 e. The molecule has 0 bridgehead atoms. The van der Waals surface area contributed by atoms with Crippen LogP contribution in [0.2, 0.25) is 0 Å². The fraction of sp³-hybridized carbons (Fsp3) is 0.400. The molecule has 0 saturated carbocycles. The molecule has 102 valence electrons. The van der Waals surface area contributed by atoms with E-state index < -0.39 is 0 Å². The number of rotatable bonds is 6. The van der Waals surface area contributed by atoms with Crippen molar-refractivity contribution in [1.29, 1.82) is 0 Å². The van der Waals surface area contributed by atoms with Crippen LogP contribution >= 0.6 is 11.3 Å². The predicted octanol–water partition coefficient (Wildman–Crippen LogP) is 3.55. The average Bonchev–Trinajstić information content (AvgIpc) is 2.84. The second-order valence-corrected chi connectivity index (χ2v) is 5.35. The largest absolute Gasteiger partial charge is 0.494 e. The molecule has 0 amide bonds. The van der Waals surface area contributed by atoms with Gasteiger partial charge in [-0.3, -0.25) is 0 Å². The van der Waals surface area contributed by atoms with Crippen LogP contribution in [0.25, 0.3) is 0 Å². The number of ether oxygens (including phenoxy) is 1. The van der Waals surface area contributed by atoms with Crippen molar-refractivity contribution in [2.24, 2.45) is 0 Å². The number of thiazole rings is 1. The summed E-state index contributed by atoms with van der Waals surface area (Å²) in [7, 11) is 0. The van der Waals surface area contributed by atoms with Gasteiger partial charge in [-0.1, -0.05) is 19.1 Å². The number of nitrogens with one attached hydrogen (secondary N) is 1. The molecule has 1 heterocycles. The molecule has 0 fully saturated rings. The van der Waals surface area contributed by atoms with E-state index in [1.807, 2.05) is 26.0 Å². The van der Waals surface area contributed by atoms with Crippen molar-refractivity contribution in [2.45, 2.75) is 26.8 Å². The normalized spacial score (nSPS) is 12.4. The van der Waals surface area contributed by atoms with Crippen LogP contribution in [-0.4, -0.2) is 18.1 Å². The lowest BCUT2D eigenvalue weighted by atomic mass is 10.0. The van der Waals surface area contributed by atoms with E-state index in [4.69, 9.17) is 4.74 Å². The van der Waals surface area contributed by atoms with Crippen molar-refractivity contribution in [2.75, 3.05) is 13.2 Å². The Balaban J connectivity index is 2.23. The van der Waals surface area contributed by atoms with Gasteiger partial charge in [0.15, 0.2) is 0 Å². The summed E-state index contributed by atoms with van der Waals surface area (Å²) in [6.07, 6.45) is 0. The fourth-order valence-electron chi connectivity index (χ4n) is 2.03. The number of hydrogen-bond donors (Lipinski definition) is 1. The van der Waals surface area contributed by atoms with Gasteiger partial charge in [0.2, 0.25) is 0 Å². The molecule has 0 aliphatic rings. The minimum Gasteiger partial charge on any atom is -0.494 e. The summed E-state index contributed by atoms with van der Waals surface area (Å²) in [5, 5.41) is 6.71. The number of aryl methyl sites for hydroxylation is 1.